The number of rotatable bonds is 4. The number of nitrogens with one attached hydrogen (secondary N) is 1. The van der Waals surface area contributed by atoms with E-state index >= 15 is 0 Å². The molecule has 0 fully saturated rings. The van der Waals surface area contributed by atoms with Gasteiger partial charge in [0.2, 0.25) is 0 Å². The molecular formula is C21H21FN6O. The Bertz CT molecular complexity index is 1240. The second-order valence-electron chi connectivity index (χ2n) is 7.07. The Kier molecular flexibility index (Phi) is 4.62. The van der Waals surface area contributed by atoms with Crippen molar-refractivity contribution in [2.75, 3.05) is 5.32 Å². The minimum absolute atomic E-state index is 0.259. The summed E-state index contributed by atoms with van der Waals surface area (Å²) in [7, 11) is 1.79. The van der Waals surface area contributed by atoms with E-state index in [0.29, 0.717) is 33.5 Å². The van der Waals surface area contributed by atoms with Crippen LogP contribution in [0.3, 0.4) is 0 Å². The Hall–Kier alpha value is -3.55. The van der Waals surface area contributed by atoms with Gasteiger partial charge in [0, 0.05) is 18.3 Å². The maximum atomic E-state index is 14.0. The van der Waals surface area contributed by atoms with Crippen LogP contribution in [0.5, 0.6) is 0 Å². The maximum Gasteiger partial charge on any atom is 0.256 e. The highest BCUT2D eigenvalue weighted by atomic mass is 19.1. The van der Waals surface area contributed by atoms with Crippen LogP contribution in [0.4, 0.5) is 10.1 Å². The van der Waals surface area contributed by atoms with Gasteiger partial charge in [-0.25, -0.2) is 9.37 Å². The van der Waals surface area contributed by atoms with Gasteiger partial charge in [-0.15, -0.1) is 0 Å². The normalized spacial score (nSPS) is 11.2. The molecule has 7 nitrogen and oxygen atoms in total. The highest BCUT2D eigenvalue weighted by Gasteiger charge is 2.19. The van der Waals surface area contributed by atoms with E-state index in [1.54, 1.807) is 46.9 Å². The van der Waals surface area contributed by atoms with Crippen LogP contribution in [0, 0.1) is 26.6 Å². The van der Waals surface area contributed by atoms with E-state index in [1.165, 1.54) is 6.07 Å². The zero-order valence-electron chi connectivity index (χ0n) is 16.7. The predicted molar refractivity (Wildman–Crippen MR) is 108 cm³/mol. The van der Waals surface area contributed by atoms with E-state index in [4.69, 9.17) is 0 Å². The van der Waals surface area contributed by atoms with E-state index in [0.717, 1.165) is 11.4 Å². The van der Waals surface area contributed by atoms with Crippen molar-refractivity contribution >= 4 is 22.6 Å². The van der Waals surface area contributed by atoms with Gasteiger partial charge in [-0.3, -0.25) is 14.2 Å². The van der Waals surface area contributed by atoms with Crippen molar-refractivity contribution in [1.29, 1.82) is 0 Å². The smallest absolute Gasteiger partial charge is 0.256 e. The minimum atomic E-state index is -0.281. The summed E-state index contributed by atoms with van der Waals surface area (Å²) >= 11 is 0. The fourth-order valence-corrected chi connectivity index (χ4v) is 3.43. The molecule has 1 N–H and O–H groups in total. The lowest BCUT2D eigenvalue weighted by atomic mass is 10.1. The van der Waals surface area contributed by atoms with E-state index < -0.39 is 0 Å². The number of anilines is 1. The number of amides is 1. The van der Waals surface area contributed by atoms with Crippen LogP contribution in [-0.4, -0.2) is 30.5 Å². The number of hydrogen-bond donors (Lipinski definition) is 1. The third kappa shape index (κ3) is 3.37. The maximum absolute atomic E-state index is 14.0. The quantitative estimate of drug-likeness (QED) is 0.576. The van der Waals surface area contributed by atoms with Gasteiger partial charge in [-0.05, 0) is 32.9 Å². The van der Waals surface area contributed by atoms with E-state index in [1.807, 2.05) is 20.8 Å². The Morgan fingerprint density at radius 3 is 2.72 bits per heavy atom. The van der Waals surface area contributed by atoms with Gasteiger partial charge in [0.15, 0.2) is 5.65 Å². The molecule has 4 rings (SSSR count). The second kappa shape index (κ2) is 7.12. The lowest BCUT2D eigenvalue weighted by Gasteiger charge is -2.09. The summed E-state index contributed by atoms with van der Waals surface area (Å²) in [6.07, 6.45) is 1.64. The molecule has 0 atom stereocenters. The lowest BCUT2D eigenvalue weighted by Crippen LogP contribution is -2.14. The van der Waals surface area contributed by atoms with Crippen LogP contribution in [0.1, 0.15) is 33.0 Å². The van der Waals surface area contributed by atoms with Gasteiger partial charge in [0.05, 0.1) is 40.8 Å². The molecule has 0 aliphatic heterocycles. The largest absolute Gasteiger partial charge is 0.319 e. The summed E-state index contributed by atoms with van der Waals surface area (Å²) in [4.78, 5) is 17.5. The molecule has 8 heteroatoms. The number of carbonyl (C=O) groups excluding carboxylic acids is 1. The summed E-state index contributed by atoms with van der Waals surface area (Å²) < 4.78 is 17.3. The van der Waals surface area contributed by atoms with Gasteiger partial charge in [-0.1, -0.05) is 18.2 Å². The molecule has 29 heavy (non-hydrogen) atoms. The molecule has 0 aliphatic carbocycles. The Labute approximate surface area is 167 Å². The molecule has 0 spiro atoms. The van der Waals surface area contributed by atoms with Gasteiger partial charge in [0.1, 0.15) is 5.82 Å². The number of benzene rings is 1. The number of nitrogens with zero attached hydrogens (tertiary/aromatic N) is 5. The number of fused-ring (bicyclic) bond motifs is 1. The monoisotopic (exact) mass is 392 g/mol. The first-order valence-corrected chi connectivity index (χ1v) is 9.23. The number of aryl methyl sites for hydroxylation is 3. The average Bonchev–Trinajstić information content (AvgIpc) is 3.18. The predicted octanol–water partition coefficient (Wildman–Crippen LogP) is 3.53. The van der Waals surface area contributed by atoms with E-state index in [9.17, 15) is 9.18 Å². The van der Waals surface area contributed by atoms with Crippen LogP contribution in [0.15, 0.2) is 36.5 Å². The lowest BCUT2D eigenvalue weighted by molar-refractivity contribution is 0.102. The molecule has 4 aromatic rings. The molecule has 0 unspecified atom stereocenters. The first-order chi connectivity index (χ1) is 13.8. The molecule has 1 amide bonds. The number of carbonyl (C=O) groups is 1. The summed E-state index contributed by atoms with van der Waals surface area (Å²) in [6.45, 7) is 5.80. The average molecular weight is 392 g/mol. The Balaban J connectivity index is 1.66. The Morgan fingerprint density at radius 2 is 1.97 bits per heavy atom. The minimum Gasteiger partial charge on any atom is -0.319 e. The second-order valence-corrected chi connectivity index (χ2v) is 7.07. The fourth-order valence-electron chi connectivity index (χ4n) is 3.43. The SMILES string of the molecule is Cc1cc(C(=O)Nc2c(C)nn(Cc3ccccc3F)c2C)c2cnn(C)c2n1. The van der Waals surface area contributed by atoms with Crippen molar-refractivity contribution in [3.8, 4) is 0 Å². The molecule has 3 aromatic heterocycles. The third-order valence-corrected chi connectivity index (χ3v) is 4.98. The number of hydrogen-bond acceptors (Lipinski definition) is 4. The van der Waals surface area contributed by atoms with Crippen LogP contribution < -0.4 is 5.32 Å². The van der Waals surface area contributed by atoms with Gasteiger partial charge in [0.25, 0.3) is 5.91 Å². The number of aromatic nitrogens is 5. The highest BCUT2D eigenvalue weighted by Crippen LogP contribution is 2.24. The molecule has 148 valence electrons. The number of pyridine rings is 1. The Morgan fingerprint density at radius 1 is 1.21 bits per heavy atom. The molecular weight excluding hydrogens is 371 g/mol. The van der Waals surface area contributed by atoms with Crippen LogP contribution in [0.2, 0.25) is 0 Å². The van der Waals surface area contributed by atoms with Crippen LogP contribution in [0.25, 0.3) is 11.0 Å². The molecule has 0 aliphatic rings. The van der Waals surface area contributed by atoms with Gasteiger partial charge >= 0.3 is 0 Å². The molecule has 0 radical (unpaired) electrons. The van der Waals surface area contributed by atoms with Crippen molar-refractivity contribution in [3.63, 3.8) is 0 Å². The highest BCUT2D eigenvalue weighted by molar-refractivity contribution is 6.12. The fraction of sp³-hybridized carbons (Fsp3) is 0.238. The molecule has 0 bridgehead atoms. The summed E-state index contributed by atoms with van der Waals surface area (Å²) in [5, 5.41) is 12.3. The first kappa shape index (κ1) is 18.8. The van der Waals surface area contributed by atoms with E-state index in [-0.39, 0.29) is 18.3 Å². The number of halogens is 1. The van der Waals surface area contributed by atoms with Crippen molar-refractivity contribution in [3.05, 3.63) is 70.6 Å². The van der Waals surface area contributed by atoms with Crippen molar-refractivity contribution in [2.24, 2.45) is 7.05 Å². The van der Waals surface area contributed by atoms with Crippen molar-refractivity contribution < 1.29 is 9.18 Å². The van der Waals surface area contributed by atoms with Crippen molar-refractivity contribution in [2.45, 2.75) is 27.3 Å². The molecule has 3 heterocycles. The molecule has 1 aromatic carbocycles. The summed E-state index contributed by atoms with van der Waals surface area (Å²) in [5.74, 6) is -0.540. The third-order valence-electron chi connectivity index (χ3n) is 4.98. The zero-order valence-corrected chi connectivity index (χ0v) is 16.7. The van der Waals surface area contributed by atoms with E-state index in [2.05, 4.69) is 20.5 Å². The standard InChI is InChI=1S/C21H21FN6O/c1-12-9-16(17-10-23-27(4)20(17)24-12)21(29)25-19-13(2)26-28(14(19)3)11-15-7-5-6-8-18(15)22/h5-10H,11H2,1-4H3,(H,25,29). The van der Waals surface area contributed by atoms with Gasteiger partial charge in [-0.2, -0.15) is 10.2 Å². The van der Waals surface area contributed by atoms with Crippen LogP contribution >= 0.6 is 0 Å². The summed E-state index contributed by atoms with van der Waals surface area (Å²) in [6, 6.07) is 8.34. The first-order valence-electron chi connectivity index (χ1n) is 9.23. The summed E-state index contributed by atoms with van der Waals surface area (Å²) in [5.41, 5.74) is 4.47. The zero-order chi connectivity index (χ0) is 20.7. The van der Waals surface area contributed by atoms with Gasteiger partial charge < -0.3 is 5.32 Å². The molecule has 0 saturated carbocycles. The van der Waals surface area contributed by atoms with Crippen molar-refractivity contribution in [1.82, 2.24) is 24.5 Å². The van der Waals surface area contributed by atoms with Crippen LogP contribution in [-0.2, 0) is 13.6 Å². The topological polar surface area (TPSA) is 77.6 Å². The molecule has 0 saturated heterocycles.